The summed E-state index contributed by atoms with van der Waals surface area (Å²) in [5.74, 6) is 1.12. The molecule has 0 spiro atoms. The third-order valence-electron chi connectivity index (χ3n) is 4.32. The van der Waals surface area contributed by atoms with Gasteiger partial charge in [-0.2, -0.15) is 0 Å². The van der Waals surface area contributed by atoms with Gasteiger partial charge in [0.25, 0.3) is 0 Å². The number of fused-ring (bicyclic) bond motifs is 1. The summed E-state index contributed by atoms with van der Waals surface area (Å²) < 4.78 is 5.38. The lowest BCUT2D eigenvalue weighted by atomic mass is 10.2. The van der Waals surface area contributed by atoms with Gasteiger partial charge in [0.2, 0.25) is 11.8 Å². The lowest BCUT2D eigenvalue weighted by Crippen LogP contribution is -2.45. The van der Waals surface area contributed by atoms with Crippen LogP contribution in [-0.2, 0) is 16.1 Å². The van der Waals surface area contributed by atoms with Gasteiger partial charge in [-0.25, -0.2) is 0 Å². The van der Waals surface area contributed by atoms with Gasteiger partial charge < -0.3 is 14.2 Å². The Balaban J connectivity index is 1.53. The molecular formula is C18H18N2O3S. The van der Waals surface area contributed by atoms with Crippen molar-refractivity contribution < 1.29 is 14.0 Å². The Bertz CT molecular complexity index is 755. The van der Waals surface area contributed by atoms with Crippen LogP contribution in [0.15, 0.2) is 52.0 Å². The predicted molar refractivity (Wildman–Crippen MR) is 91.8 cm³/mol. The second kappa shape index (κ2) is 6.36. The zero-order valence-corrected chi connectivity index (χ0v) is 14.0. The number of thioether (sulfide) groups is 1. The van der Waals surface area contributed by atoms with Crippen LogP contribution in [0.2, 0.25) is 0 Å². The number of hydrogen-bond acceptors (Lipinski definition) is 4. The Morgan fingerprint density at radius 2 is 2.08 bits per heavy atom. The van der Waals surface area contributed by atoms with Gasteiger partial charge in [0.15, 0.2) is 0 Å². The van der Waals surface area contributed by atoms with Crippen molar-refractivity contribution in [3.8, 4) is 0 Å². The Morgan fingerprint density at radius 3 is 2.83 bits per heavy atom. The van der Waals surface area contributed by atoms with Crippen LogP contribution in [0.1, 0.15) is 18.6 Å². The van der Waals surface area contributed by atoms with Crippen LogP contribution >= 0.6 is 11.8 Å². The van der Waals surface area contributed by atoms with E-state index in [2.05, 4.69) is 0 Å². The van der Waals surface area contributed by atoms with Gasteiger partial charge in [0.05, 0.1) is 24.2 Å². The van der Waals surface area contributed by atoms with Crippen molar-refractivity contribution in [2.75, 3.05) is 17.2 Å². The minimum absolute atomic E-state index is 0.0132. The van der Waals surface area contributed by atoms with Gasteiger partial charge in [0, 0.05) is 10.9 Å². The summed E-state index contributed by atoms with van der Waals surface area (Å²) in [7, 11) is 0. The van der Waals surface area contributed by atoms with E-state index in [1.165, 1.54) is 11.8 Å². The first-order chi connectivity index (χ1) is 11.7. The van der Waals surface area contributed by atoms with E-state index in [0.717, 1.165) is 29.2 Å². The van der Waals surface area contributed by atoms with Crippen molar-refractivity contribution in [2.45, 2.75) is 30.3 Å². The van der Waals surface area contributed by atoms with E-state index < -0.39 is 0 Å². The van der Waals surface area contributed by atoms with Gasteiger partial charge >= 0.3 is 0 Å². The zero-order chi connectivity index (χ0) is 16.5. The molecule has 6 heteroatoms. The molecule has 0 atom stereocenters. The fraction of sp³-hybridized carbons (Fsp3) is 0.333. The summed E-state index contributed by atoms with van der Waals surface area (Å²) in [4.78, 5) is 29.7. The highest BCUT2D eigenvalue weighted by molar-refractivity contribution is 8.00. The molecule has 1 aromatic heterocycles. The van der Waals surface area contributed by atoms with Gasteiger partial charge in [-0.3, -0.25) is 9.59 Å². The lowest BCUT2D eigenvalue weighted by Gasteiger charge is -2.31. The summed E-state index contributed by atoms with van der Waals surface area (Å²) >= 11 is 1.53. The SMILES string of the molecule is O=C1CSc2ccccc2N1CC(=O)N(Cc1ccco1)C1CC1. The second-order valence-corrected chi connectivity index (χ2v) is 7.09. The highest BCUT2D eigenvalue weighted by Crippen LogP contribution is 2.35. The minimum atomic E-state index is -0.0241. The third kappa shape index (κ3) is 3.06. The Kier molecular flexibility index (Phi) is 4.06. The van der Waals surface area contributed by atoms with Gasteiger partial charge in [-0.05, 0) is 37.1 Å². The maximum atomic E-state index is 12.9. The van der Waals surface area contributed by atoms with Crippen molar-refractivity contribution in [3.63, 3.8) is 0 Å². The number of furan rings is 1. The van der Waals surface area contributed by atoms with Gasteiger partial charge in [-0.15, -0.1) is 11.8 Å². The highest BCUT2D eigenvalue weighted by Gasteiger charge is 2.35. The van der Waals surface area contributed by atoms with Crippen LogP contribution in [0, 0.1) is 0 Å². The maximum absolute atomic E-state index is 12.9. The molecule has 0 radical (unpaired) electrons. The molecule has 1 aromatic carbocycles. The summed E-state index contributed by atoms with van der Waals surface area (Å²) in [6, 6.07) is 11.7. The van der Waals surface area contributed by atoms with Crippen LogP contribution in [0.5, 0.6) is 0 Å². The molecule has 0 saturated heterocycles. The number of benzene rings is 1. The van der Waals surface area contributed by atoms with E-state index in [-0.39, 0.29) is 24.4 Å². The molecule has 2 aliphatic rings. The summed E-state index contributed by atoms with van der Waals surface area (Å²) in [6.45, 7) is 0.558. The van der Waals surface area contributed by atoms with Crippen LogP contribution in [0.3, 0.4) is 0 Å². The molecule has 1 saturated carbocycles. The van der Waals surface area contributed by atoms with Crippen LogP contribution in [0.4, 0.5) is 5.69 Å². The molecule has 1 fully saturated rings. The molecule has 2 heterocycles. The maximum Gasteiger partial charge on any atom is 0.243 e. The first-order valence-corrected chi connectivity index (χ1v) is 9.05. The molecule has 0 unspecified atom stereocenters. The minimum Gasteiger partial charge on any atom is -0.467 e. The number of carbonyl (C=O) groups is 2. The van der Waals surface area contributed by atoms with E-state index >= 15 is 0 Å². The van der Waals surface area contributed by atoms with Crippen molar-refractivity contribution >= 4 is 29.3 Å². The predicted octanol–water partition coefficient (Wildman–Crippen LogP) is 2.91. The number of anilines is 1. The molecule has 2 amide bonds. The number of carbonyl (C=O) groups excluding carboxylic acids is 2. The lowest BCUT2D eigenvalue weighted by molar-refractivity contribution is -0.132. The highest BCUT2D eigenvalue weighted by atomic mass is 32.2. The van der Waals surface area contributed by atoms with E-state index in [1.807, 2.05) is 41.3 Å². The fourth-order valence-electron chi connectivity index (χ4n) is 2.93. The summed E-state index contributed by atoms with van der Waals surface area (Å²) in [6.07, 6.45) is 3.66. The quantitative estimate of drug-likeness (QED) is 0.838. The van der Waals surface area contributed by atoms with Crippen molar-refractivity contribution in [1.82, 2.24) is 4.90 Å². The Morgan fingerprint density at radius 1 is 1.25 bits per heavy atom. The van der Waals surface area contributed by atoms with E-state index in [1.54, 1.807) is 11.2 Å². The van der Waals surface area contributed by atoms with Crippen molar-refractivity contribution in [3.05, 3.63) is 48.4 Å². The van der Waals surface area contributed by atoms with Crippen LogP contribution in [-0.4, -0.2) is 35.1 Å². The monoisotopic (exact) mass is 342 g/mol. The molecule has 5 nitrogen and oxygen atoms in total. The molecule has 0 N–H and O–H groups in total. The first kappa shape index (κ1) is 15.3. The topological polar surface area (TPSA) is 53.8 Å². The molecule has 2 aromatic rings. The molecule has 1 aliphatic carbocycles. The molecular weight excluding hydrogens is 324 g/mol. The Labute approximate surface area is 144 Å². The third-order valence-corrected chi connectivity index (χ3v) is 5.36. The zero-order valence-electron chi connectivity index (χ0n) is 13.2. The number of amides is 2. The Hall–Kier alpha value is -2.21. The van der Waals surface area contributed by atoms with E-state index in [9.17, 15) is 9.59 Å². The molecule has 124 valence electrons. The summed E-state index contributed by atoms with van der Waals surface area (Å²) in [5.41, 5.74) is 0.834. The molecule has 4 rings (SSSR count). The normalized spacial score (nSPS) is 16.8. The average Bonchev–Trinajstić information content (AvgIpc) is 3.31. The standard InChI is InChI=1S/C18H18N2O3S/c21-17(19(13-7-8-13)10-14-4-3-9-23-14)11-20-15-5-1-2-6-16(15)24-12-18(20)22/h1-6,9,13H,7-8,10-12H2. The van der Waals surface area contributed by atoms with Crippen LogP contribution < -0.4 is 4.90 Å². The average molecular weight is 342 g/mol. The molecule has 0 bridgehead atoms. The van der Waals surface area contributed by atoms with E-state index in [4.69, 9.17) is 4.42 Å². The smallest absolute Gasteiger partial charge is 0.243 e. The van der Waals surface area contributed by atoms with Crippen LogP contribution in [0.25, 0.3) is 0 Å². The van der Waals surface area contributed by atoms with E-state index in [0.29, 0.717) is 12.3 Å². The summed E-state index contributed by atoms with van der Waals surface area (Å²) in [5, 5.41) is 0. The van der Waals surface area contributed by atoms with Gasteiger partial charge in [0.1, 0.15) is 12.3 Å². The number of hydrogen-bond donors (Lipinski definition) is 0. The largest absolute Gasteiger partial charge is 0.467 e. The van der Waals surface area contributed by atoms with Gasteiger partial charge in [-0.1, -0.05) is 12.1 Å². The number of para-hydroxylation sites is 1. The number of nitrogens with zero attached hydrogens (tertiary/aromatic N) is 2. The first-order valence-electron chi connectivity index (χ1n) is 8.06. The van der Waals surface area contributed by atoms with Crippen molar-refractivity contribution in [1.29, 1.82) is 0 Å². The van der Waals surface area contributed by atoms with Crippen molar-refractivity contribution in [2.24, 2.45) is 0 Å². The molecule has 24 heavy (non-hydrogen) atoms. The second-order valence-electron chi connectivity index (χ2n) is 6.07. The number of rotatable bonds is 5. The fourth-order valence-corrected chi connectivity index (χ4v) is 3.87. The molecule has 1 aliphatic heterocycles.